The molecule has 0 amide bonds. The molecule has 0 aromatic carbocycles. The molecule has 2 fully saturated rings. The van der Waals surface area contributed by atoms with Gasteiger partial charge in [-0.2, -0.15) is 9.50 Å². The van der Waals surface area contributed by atoms with E-state index < -0.39 is 0 Å². The first-order valence-corrected chi connectivity index (χ1v) is 9.77. The average Bonchev–Trinajstić information content (AvgIpc) is 3.48. The Balaban J connectivity index is 1.33. The monoisotopic (exact) mass is 368 g/mol. The molecule has 2 aliphatic rings. The first-order chi connectivity index (χ1) is 13.3. The third kappa shape index (κ3) is 3.05. The van der Waals surface area contributed by atoms with E-state index >= 15 is 0 Å². The molecule has 0 N–H and O–H groups in total. The Hall–Kier alpha value is -2.55. The van der Waals surface area contributed by atoms with Crippen LogP contribution >= 0.6 is 0 Å². The second-order valence-corrected chi connectivity index (χ2v) is 7.48. The summed E-state index contributed by atoms with van der Waals surface area (Å²) in [7, 11) is 0. The van der Waals surface area contributed by atoms with Crippen molar-refractivity contribution in [2.24, 2.45) is 0 Å². The van der Waals surface area contributed by atoms with Gasteiger partial charge < -0.3 is 9.42 Å². The normalized spacial score (nSPS) is 20.6. The highest BCUT2D eigenvalue weighted by atomic mass is 16.5. The Morgan fingerprint density at radius 1 is 1.07 bits per heavy atom. The van der Waals surface area contributed by atoms with Crippen molar-refractivity contribution in [2.45, 2.75) is 44.6 Å². The summed E-state index contributed by atoms with van der Waals surface area (Å²) >= 11 is 0. The minimum atomic E-state index is 0.142. The van der Waals surface area contributed by atoms with E-state index in [1.54, 1.807) is 0 Å². The standard InChI is InChI=1S/C18H24N8O/c1-13(18-19-12-20-27-18)24-10-6-14(7-11-24)17-22-21-15-4-5-16(23-26(15)17)25-8-2-3-9-25/h4-5,12-14H,2-3,6-11H2,1H3. The first kappa shape index (κ1) is 16.6. The predicted molar refractivity (Wildman–Crippen MR) is 98.5 cm³/mol. The van der Waals surface area contributed by atoms with Gasteiger partial charge in [0.05, 0.1) is 6.04 Å². The van der Waals surface area contributed by atoms with E-state index in [0.717, 1.165) is 56.3 Å². The third-order valence-electron chi connectivity index (χ3n) is 5.88. The summed E-state index contributed by atoms with van der Waals surface area (Å²) in [5, 5.41) is 17.4. The Bertz CT molecular complexity index is 893. The molecule has 9 heteroatoms. The van der Waals surface area contributed by atoms with E-state index in [-0.39, 0.29) is 6.04 Å². The fourth-order valence-corrected chi connectivity index (χ4v) is 4.23. The summed E-state index contributed by atoms with van der Waals surface area (Å²) in [5.74, 6) is 3.06. The van der Waals surface area contributed by atoms with E-state index in [4.69, 9.17) is 9.62 Å². The summed E-state index contributed by atoms with van der Waals surface area (Å²) in [5.41, 5.74) is 0.828. The fraction of sp³-hybridized carbons (Fsp3) is 0.611. The highest BCUT2D eigenvalue weighted by molar-refractivity contribution is 5.46. The summed E-state index contributed by atoms with van der Waals surface area (Å²) < 4.78 is 7.18. The number of anilines is 1. The van der Waals surface area contributed by atoms with Crippen molar-refractivity contribution in [1.29, 1.82) is 0 Å². The smallest absolute Gasteiger partial charge is 0.243 e. The number of likely N-dealkylation sites (tertiary alicyclic amines) is 1. The van der Waals surface area contributed by atoms with Crippen LogP contribution in [0.25, 0.3) is 5.65 Å². The lowest BCUT2D eigenvalue weighted by Gasteiger charge is -2.33. The summed E-state index contributed by atoms with van der Waals surface area (Å²) in [6.45, 7) is 6.22. The zero-order valence-electron chi connectivity index (χ0n) is 15.5. The minimum Gasteiger partial charge on any atom is -0.355 e. The molecular weight excluding hydrogens is 344 g/mol. The van der Waals surface area contributed by atoms with Crippen LogP contribution < -0.4 is 4.90 Å². The van der Waals surface area contributed by atoms with Crippen molar-refractivity contribution >= 4 is 11.5 Å². The molecule has 1 unspecified atom stereocenters. The lowest BCUT2D eigenvalue weighted by atomic mass is 9.95. The molecule has 5 heterocycles. The van der Waals surface area contributed by atoms with E-state index in [9.17, 15) is 0 Å². The maximum absolute atomic E-state index is 5.22. The van der Waals surface area contributed by atoms with Gasteiger partial charge in [-0.3, -0.25) is 4.90 Å². The molecule has 3 aromatic heterocycles. The number of aromatic nitrogens is 6. The van der Waals surface area contributed by atoms with Gasteiger partial charge in [-0.15, -0.1) is 15.3 Å². The zero-order chi connectivity index (χ0) is 18.2. The predicted octanol–water partition coefficient (Wildman–Crippen LogP) is 2.05. The van der Waals surface area contributed by atoms with E-state index in [2.05, 4.69) is 43.1 Å². The number of hydrogen-bond donors (Lipinski definition) is 0. The molecule has 1 atom stereocenters. The van der Waals surface area contributed by atoms with E-state index in [1.807, 2.05) is 10.6 Å². The Morgan fingerprint density at radius 2 is 1.89 bits per heavy atom. The maximum Gasteiger partial charge on any atom is 0.243 e. The Morgan fingerprint density at radius 3 is 2.63 bits per heavy atom. The van der Waals surface area contributed by atoms with Crippen LogP contribution in [0.5, 0.6) is 0 Å². The van der Waals surface area contributed by atoms with Gasteiger partial charge in [0.2, 0.25) is 5.89 Å². The number of piperidine rings is 1. The molecule has 142 valence electrons. The molecule has 0 aliphatic carbocycles. The second-order valence-electron chi connectivity index (χ2n) is 7.48. The molecule has 9 nitrogen and oxygen atoms in total. The van der Waals surface area contributed by atoms with E-state index in [0.29, 0.717) is 11.8 Å². The van der Waals surface area contributed by atoms with Crippen LogP contribution in [0.1, 0.15) is 56.3 Å². The average molecular weight is 368 g/mol. The van der Waals surface area contributed by atoms with Crippen LogP contribution in [0.4, 0.5) is 5.82 Å². The molecule has 0 bridgehead atoms. The Kier molecular flexibility index (Phi) is 4.23. The van der Waals surface area contributed by atoms with Gasteiger partial charge in [-0.1, -0.05) is 5.16 Å². The van der Waals surface area contributed by atoms with Gasteiger partial charge in [0, 0.05) is 19.0 Å². The molecule has 0 spiro atoms. The van der Waals surface area contributed by atoms with Gasteiger partial charge in [0.15, 0.2) is 17.8 Å². The highest BCUT2D eigenvalue weighted by Gasteiger charge is 2.29. The van der Waals surface area contributed by atoms with Crippen molar-refractivity contribution < 1.29 is 4.52 Å². The number of fused-ring (bicyclic) bond motifs is 1. The lowest BCUT2D eigenvalue weighted by molar-refractivity contribution is 0.134. The van der Waals surface area contributed by atoms with Crippen molar-refractivity contribution in [1.82, 2.24) is 34.9 Å². The largest absolute Gasteiger partial charge is 0.355 e. The van der Waals surface area contributed by atoms with Gasteiger partial charge in [-0.25, -0.2) is 0 Å². The SMILES string of the molecule is CC(c1ncno1)N1CCC(c2nnc3ccc(N4CCCC4)nn23)CC1. The topological polar surface area (TPSA) is 88.5 Å². The highest BCUT2D eigenvalue weighted by Crippen LogP contribution is 2.31. The fourth-order valence-electron chi connectivity index (χ4n) is 4.23. The maximum atomic E-state index is 5.22. The van der Waals surface area contributed by atoms with Crippen LogP contribution in [0.15, 0.2) is 23.0 Å². The Labute approximate surface area is 157 Å². The van der Waals surface area contributed by atoms with Gasteiger partial charge in [0.25, 0.3) is 0 Å². The third-order valence-corrected chi connectivity index (χ3v) is 5.88. The molecule has 2 aliphatic heterocycles. The molecule has 3 aromatic rings. The summed E-state index contributed by atoms with van der Waals surface area (Å²) in [6.07, 6.45) is 5.99. The van der Waals surface area contributed by atoms with Crippen LogP contribution in [0.2, 0.25) is 0 Å². The van der Waals surface area contributed by atoms with Crippen LogP contribution in [0.3, 0.4) is 0 Å². The first-order valence-electron chi connectivity index (χ1n) is 9.77. The second kappa shape index (κ2) is 6.88. The van der Waals surface area contributed by atoms with Crippen LogP contribution in [0, 0.1) is 0 Å². The summed E-state index contributed by atoms with van der Waals surface area (Å²) in [6, 6.07) is 4.24. The number of nitrogens with zero attached hydrogens (tertiary/aromatic N) is 8. The number of hydrogen-bond acceptors (Lipinski definition) is 8. The zero-order valence-corrected chi connectivity index (χ0v) is 15.5. The van der Waals surface area contributed by atoms with Gasteiger partial charge in [-0.05, 0) is 57.8 Å². The van der Waals surface area contributed by atoms with E-state index in [1.165, 1.54) is 19.2 Å². The lowest BCUT2D eigenvalue weighted by Crippen LogP contribution is -2.35. The molecule has 27 heavy (non-hydrogen) atoms. The van der Waals surface area contributed by atoms with Crippen molar-refractivity contribution in [3.05, 3.63) is 30.2 Å². The van der Waals surface area contributed by atoms with Crippen molar-refractivity contribution in [3.8, 4) is 0 Å². The molecule has 2 saturated heterocycles. The molecule has 5 rings (SSSR count). The summed E-state index contributed by atoms with van der Waals surface area (Å²) in [4.78, 5) is 8.92. The van der Waals surface area contributed by atoms with Gasteiger partial charge >= 0.3 is 0 Å². The molecule has 0 saturated carbocycles. The van der Waals surface area contributed by atoms with Crippen molar-refractivity contribution in [2.75, 3.05) is 31.1 Å². The number of rotatable bonds is 4. The quantitative estimate of drug-likeness (QED) is 0.691. The van der Waals surface area contributed by atoms with Crippen molar-refractivity contribution in [3.63, 3.8) is 0 Å². The van der Waals surface area contributed by atoms with Crippen LogP contribution in [-0.2, 0) is 0 Å². The molecule has 0 radical (unpaired) electrons. The minimum absolute atomic E-state index is 0.142. The van der Waals surface area contributed by atoms with Crippen LogP contribution in [-0.4, -0.2) is 61.0 Å². The van der Waals surface area contributed by atoms with Gasteiger partial charge in [0.1, 0.15) is 5.82 Å². The molecular formula is C18H24N8O.